The predicted octanol–water partition coefficient (Wildman–Crippen LogP) is 2.92. The van der Waals surface area contributed by atoms with Crippen LogP contribution in [0.2, 0.25) is 0 Å². The first-order valence-corrected chi connectivity index (χ1v) is 11.8. The van der Waals surface area contributed by atoms with Crippen molar-refractivity contribution < 1.29 is 23.9 Å². The van der Waals surface area contributed by atoms with E-state index in [1.54, 1.807) is 26.8 Å². The minimum absolute atomic E-state index is 0.137. The summed E-state index contributed by atoms with van der Waals surface area (Å²) in [4.78, 5) is 43.0. The minimum atomic E-state index is -0.673. The molecule has 0 aromatic heterocycles. The Morgan fingerprint density at radius 2 is 1.76 bits per heavy atom. The van der Waals surface area contributed by atoms with Gasteiger partial charge in [0.2, 0.25) is 5.91 Å². The Morgan fingerprint density at radius 3 is 2.56 bits per heavy atom. The van der Waals surface area contributed by atoms with Gasteiger partial charge in [0, 0.05) is 32.5 Å². The van der Waals surface area contributed by atoms with Gasteiger partial charge in [0.25, 0.3) is 5.91 Å². The second-order valence-electron chi connectivity index (χ2n) is 9.20. The topological polar surface area (TPSA) is 79.4 Å². The van der Waals surface area contributed by atoms with E-state index < -0.39 is 5.60 Å². The van der Waals surface area contributed by atoms with Crippen molar-refractivity contribution in [2.75, 3.05) is 39.3 Å². The molecule has 0 saturated carbocycles. The number of likely N-dealkylation sites (tertiary alicyclic amines) is 2. The van der Waals surface area contributed by atoms with Gasteiger partial charge in [-0.05, 0) is 24.1 Å². The highest BCUT2D eigenvalue weighted by atomic mass is 16.6. The number of carbonyl (C=O) groups excluding carboxylic acids is 3. The lowest BCUT2D eigenvalue weighted by molar-refractivity contribution is -0.128. The zero-order chi connectivity index (χ0) is 23.5. The maximum Gasteiger partial charge on any atom is 0.410 e. The number of rotatable bonds is 7. The van der Waals surface area contributed by atoms with Gasteiger partial charge in [0.15, 0.2) is 5.60 Å². The molecule has 34 heavy (non-hydrogen) atoms. The highest BCUT2D eigenvalue weighted by molar-refractivity contribution is 5.97. The number of hydrogen-bond donors (Lipinski definition) is 0. The Balaban J connectivity index is 1.21. The molecule has 1 spiro atoms. The molecule has 8 nitrogen and oxygen atoms in total. The highest BCUT2D eigenvalue weighted by Crippen LogP contribution is 2.34. The van der Waals surface area contributed by atoms with Gasteiger partial charge in [0.1, 0.15) is 12.4 Å². The van der Waals surface area contributed by atoms with Gasteiger partial charge >= 0.3 is 6.09 Å². The van der Waals surface area contributed by atoms with Crippen molar-refractivity contribution in [3.05, 3.63) is 65.7 Å². The molecule has 0 unspecified atom stereocenters. The average molecular weight is 464 g/mol. The summed E-state index contributed by atoms with van der Waals surface area (Å²) in [6.07, 6.45) is 1.76. The first-order valence-electron chi connectivity index (χ1n) is 11.8. The second kappa shape index (κ2) is 9.37. The first kappa shape index (κ1) is 22.3. The minimum Gasteiger partial charge on any atom is -0.491 e. The SMILES string of the molecule is O=C1CCCN1CCOc1ccccc1C(=O)N1CC[C@@]2(CN(Cc3ccccc3)C(=O)O2)C1. The van der Waals surface area contributed by atoms with E-state index in [0.717, 1.165) is 18.5 Å². The molecule has 0 aliphatic carbocycles. The highest BCUT2D eigenvalue weighted by Gasteiger charge is 2.50. The maximum atomic E-state index is 13.4. The number of amides is 3. The summed E-state index contributed by atoms with van der Waals surface area (Å²) < 4.78 is 11.7. The van der Waals surface area contributed by atoms with Crippen LogP contribution >= 0.6 is 0 Å². The van der Waals surface area contributed by atoms with Crippen LogP contribution in [0.3, 0.4) is 0 Å². The standard InChI is InChI=1S/C26H29N3O5/c30-23-11-6-13-27(23)15-16-33-22-10-5-4-9-21(22)24(31)28-14-12-26(18-28)19-29(25(32)34-26)17-20-7-2-1-3-8-20/h1-5,7-10H,6,11-19H2/t26-/m0/s1. The lowest BCUT2D eigenvalue weighted by Gasteiger charge is -2.23. The van der Waals surface area contributed by atoms with Crippen LogP contribution in [0.4, 0.5) is 4.79 Å². The number of hydrogen-bond acceptors (Lipinski definition) is 5. The summed E-state index contributed by atoms with van der Waals surface area (Å²) in [6.45, 7) is 3.45. The third kappa shape index (κ3) is 4.58. The molecule has 0 bridgehead atoms. The van der Waals surface area contributed by atoms with E-state index >= 15 is 0 Å². The van der Waals surface area contributed by atoms with E-state index in [4.69, 9.17) is 9.47 Å². The summed E-state index contributed by atoms with van der Waals surface area (Å²) in [5.74, 6) is 0.527. The van der Waals surface area contributed by atoms with Gasteiger partial charge in [-0.2, -0.15) is 0 Å². The molecule has 2 aromatic rings. The fourth-order valence-corrected chi connectivity index (χ4v) is 4.99. The molecule has 3 aliphatic rings. The normalized spacial score (nSPS) is 22.1. The van der Waals surface area contributed by atoms with Crippen LogP contribution < -0.4 is 4.74 Å². The number of benzene rings is 2. The smallest absolute Gasteiger partial charge is 0.410 e. The van der Waals surface area contributed by atoms with Crippen molar-refractivity contribution >= 4 is 17.9 Å². The van der Waals surface area contributed by atoms with E-state index in [1.165, 1.54) is 0 Å². The molecule has 5 rings (SSSR count). The van der Waals surface area contributed by atoms with Gasteiger partial charge in [-0.1, -0.05) is 42.5 Å². The van der Waals surface area contributed by atoms with Gasteiger partial charge in [0.05, 0.1) is 25.2 Å². The second-order valence-corrected chi connectivity index (χ2v) is 9.20. The van der Waals surface area contributed by atoms with E-state index in [9.17, 15) is 14.4 Å². The molecule has 3 aliphatic heterocycles. The first-order chi connectivity index (χ1) is 16.5. The number of carbonyl (C=O) groups is 3. The molecular weight excluding hydrogens is 434 g/mol. The van der Waals surface area contributed by atoms with Crippen molar-refractivity contribution in [3.63, 3.8) is 0 Å². The van der Waals surface area contributed by atoms with E-state index in [2.05, 4.69) is 0 Å². The van der Waals surface area contributed by atoms with Crippen LogP contribution in [0, 0.1) is 0 Å². The Kier molecular flexibility index (Phi) is 6.13. The fourth-order valence-electron chi connectivity index (χ4n) is 4.99. The molecular formula is C26H29N3O5. The largest absolute Gasteiger partial charge is 0.491 e. The zero-order valence-electron chi connectivity index (χ0n) is 19.2. The molecule has 3 amide bonds. The Morgan fingerprint density at radius 1 is 0.971 bits per heavy atom. The van der Waals surface area contributed by atoms with Crippen molar-refractivity contribution in [1.82, 2.24) is 14.7 Å². The number of nitrogens with zero attached hydrogens (tertiary/aromatic N) is 3. The van der Waals surface area contributed by atoms with Crippen molar-refractivity contribution in [1.29, 1.82) is 0 Å². The summed E-state index contributed by atoms with van der Waals surface area (Å²) in [5, 5.41) is 0. The van der Waals surface area contributed by atoms with Gasteiger partial charge in [-0.15, -0.1) is 0 Å². The van der Waals surface area contributed by atoms with Gasteiger partial charge < -0.3 is 19.3 Å². The maximum absolute atomic E-state index is 13.4. The Bertz CT molecular complexity index is 1080. The van der Waals surface area contributed by atoms with Gasteiger partial charge in [-0.3, -0.25) is 14.5 Å². The van der Waals surface area contributed by atoms with Crippen LogP contribution in [0.25, 0.3) is 0 Å². The summed E-state index contributed by atoms with van der Waals surface area (Å²) in [7, 11) is 0. The third-order valence-corrected chi connectivity index (χ3v) is 6.77. The summed E-state index contributed by atoms with van der Waals surface area (Å²) in [6, 6.07) is 17.0. The van der Waals surface area contributed by atoms with Crippen molar-refractivity contribution in [2.45, 2.75) is 31.4 Å². The molecule has 3 saturated heterocycles. The Labute approximate surface area is 199 Å². The van der Waals surface area contributed by atoms with Crippen LogP contribution in [-0.4, -0.2) is 77.5 Å². The molecule has 8 heteroatoms. The van der Waals surface area contributed by atoms with E-state index in [0.29, 0.717) is 63.5 Å². The fraction of sp³-hybridized carbons (Fsp3) is 0.423. The molecule has 0 radical (unpaired) electrons. The quantitative estimate of drug-likeness (QED) is 0.631. The van der Waals surface area contributed by atoms with Crippen LogP contribution in [0.15, 0.2) is 54.6 Å². The number of ether oxygens (including phenoxy) is 2. The van der Waals surface area contributed by atoms with Gasteiger partial charge in [-0.25, -0.2) is 4.79 Å². The zero-order valence-corrected chi connectivity index (χ0v) is 19.2. The van der Waals surface area contributed by atoms with E-state index in [-0.39, 0.29) is 17.9 Å². The van der Waals surface area contributed by atoms with Crippen LogP contribution in [0.1, 0.15) is 35.2 Å². The summed E-state index contributed by atoms with van der Waals surface area (Å²) >= 11 is 0. The molecule has 178 valence electrons. The molecule has 3 fully saturated rings. The van der Waals surface area contributed by atoms with E-state index in [1.807, 2.05) is 42.5 Å². The third-order valence-electron chi connectivity index (χ3n) is 6.77. The monoisotopic (exact) mass is 463 g/mol. The van der Waals surface area contributed by atoms with Crippen molar-refractivity contribution in [3.8, 4) is 5.75 Å². The van der Waals surface area contributed by atoms with Crippen LogP contribution in [0.5, 0.6) is 5.75 Å². The van der Waals surface area contributed by atoms with Crippen molar-refractivity contribution in [2.24, 2.45) is 0 Å². The molecule has 3 heterocycles. The molecule has 1 atom stereocenters. The number of para-hydroxylation sites is 1. The molecule has 2 aromatic carbocycles. The average Bonchev–Trinajstić information content (AvgIpc) is 3.53. The Hall–Kier alpha value is -3.55. The predicted molar refractivity (Wildman–Crippen MR) is 124 cm³/mol. The summed E-state index contributed by atoms with van der Waals surface area (Å²) in [5.41, 5.74) is 0.856. The lowest BCUT2D eigenvalue weighted by atomic mass is 10.0. The van der Waals surface area contributed by atoms with Crippen LogP contribution in [-0.2, 0) is 16.1 Å². The molecule has 0 N–H and O–H groups in total. The lowest BCUT2D eigenvalue weighted by Crippen LogP contribution is -2.39.